The Morgan fingerprint density at radius 1 is 1.09 bits per heavy atom. The van der Waals surface area contributed by atoms with E-state index in [0.717, 1.165) is 5.69 Å². The number of hydrogen-bond acceptors (Lipinski definition) is 6. The van der Waals surface area contributed by atoms with E-state index in [1.54, 1.807) is 35.3 Å². The molecule has 0 aliphatic carbocycles. The molecule has 0 fully saturated rings. The van der Waals surface area contributed by atoms with Crippen LogP contribution in [-0.4, -0.2) is 32.7 Å². The molecule has 162 valence electrons. The number of anilines is 4. The van der Waals surface area contributed by atoms with Gasteiger partial charge in [-0.25, -0.2) is 18.7 Å². The van der Waals surface area contributed by atoms with Crippen molar-refractivity contribution in [2.75, 3.05) is 23.4 Å². The summed E-state index contributed by atoms with van der Waals surface area (Å²) in [5.74, 6) is 0.359. The first-order valence-electron chi connectivity index (χ1n) is 9.78. The number of halogens is 3. The van der Waals surface area contributed by atoms with Crippen molar-refractivity contribution in [1.82, 2.24) is 19.5 Å². The maximum absolute atomic E-state index is 14.7. The van der Waals surface area contributed by atoms with Gasteiger partial charge in [0.15, 0.2) is 11.6 Å². The molecule has 0 saturated heterocycles. The van der Waals surface area contributed by atoms with Gasteiger partial charge in [-0.05, 0) is 43.3 Å². The van der Waals surface area contributed by atoms with Gasteiger partial charge in [0.1, 0.15) is 18.2 Å². The summed E-state index contributed by atoms with van der Waals surface area (Å²) in [4.78, 5) is 14.7. The van der Waals surface area contributed by atoms with Crippen molar-refractivity contribution in [3.63, 3.8) is 0 Å². The summed E-state index contributed by atoms with van der Waals surface area (Å²) in [7, 11) is 0. The van der Waals surface area contributed by atoms with Gasteiger partial charge in [-0.1, -0.05) is 11.6 Å². The van der Waals surface area contributed by atoms with Crippen molar-refractivity contribution in [2.45, 2.75) is 6.92 Å². The highest BCUT2D eigenvalue weighted by molar-refractivity contribution is 6.33. The first-order chi connectivity index (χ1) is 15.5. The van der Waals surface area contributed by atoms with E-state index in [4.69, 9.17) is 16.3 Å². The molecule has 32 heavy (non-hydrogen) atoms. The normalized spacial score (nSPS) is 12.9. The molecule has 4 aromatic rings. The minimum atomic E-state index is -0.423. The molecular formula is C22H17ClF2N6O. The first kappa shape index (κ1) is 20.2. The van der Waals surface area contributed by atoms with E-state index >= 15 is 0 Å². The summed E-state index contributed by atoms with van der Waals surface area (Å²) < 4.78 is 35.4. The Bertz CT molecular complexity index is 1310. The molecule has 0 radical (unpaired) electrons. The van der Waals surface area contributed by atoms with Gasteiger partial charge in [-0.3, -0.25) is 0 Å². The van der Waals surface area contributed by atoms with Crippen LogP contribution in [0.4, 0.5) is 31.9 Å². The topological polar surface area (TPSA) is 68.1 Å². The zero-order valence-electron chi connectivity index (χ0n) is 16.9. The predicted molar refractivity (Wildman–Crippen MR) is 117 cm³/mol. The third kappa shape index (κ3) is 3.82. The van der Waals surface area contributed by atoms with E-state index in [0.29, 0.717) is 41.8 Å². The molecular weight excluding hydrogens is 438 g/mol. The highest BCUT2D eigenvalue weighted by Crippen LogP contribution is 2.38. The maximum Gasteiger partial charge on any atom is 0.229 e. The lowest BCUT2D eigenvalue weighted by Crippen LogP contribution is -2.30. The molecule has 0 spiro atoms. The zero-order chi connectivity index (χ0) is 22.2. The first-order valence-corrected chi connectivity index (χ1v) is 10.2. The molecule has 2 aromatic carbocycles. The second-order valence-electron chi connectivity index (χ2n) is 7.19. The van der Waals surface area contributed by atoms with Crippen LogP contribution in [0.3, 0.4) is 0 Å². The van der Waals surface area contributed by atoms with Gasteiger partial charge >= 0.3 is 0 Å². The minimum Gasteiger partial charge on any atom is -0.486 e. The molecule has 7 nitrogen and oxygen atoms in total. The Morgan fingerprint density at radius 3 is 2.69 bits per heavy atom. The van der Waals surface area contributed by atoms with Crippen LogP contribution in [0.1, 0.15) is 5.69 Å². The summed E-state index contributed by atoms with van der Waals surface area (Å²) in [6.45, 7) is 2.71. The van der Waals surface area contributed by atoms with Crippen LogP contribution < -0.4 is 15.0 Å². The third-order valence-corrected chi connectivity index (χ3v) is 5.26. The van der Waals surface area contributed by atoms with E-state index < -0.39 is 11.6 Å². The second-order valence-corrected chi connectivity index (χ2v) is 7.60. The smallest absolute Gasteiger partial charge is 0.229 e. The molecule has 1 N–H and O–H groups in total. The van der Waals surface area contributed by atoms with Gasteiger partial charge in [0, 0.05) is 11.9 Å². The number of nitrogens with one attached hydrogen (secondary N) is 1. The summed E-state index contributed by atoms with van der Waals surface area (Å²) in [6.07, 6.45) is 4.84. The predicted octanol–water partition coefficient (Wildman–Crippen LogP) is 5.18. The van der Waals surface area contributed by atoms with Gasteiger partial charge < -0.3 is 19.5 Å². The van der Waals surface area contributed by atoms with Gasteiger partial charge in [0.05, 0.1) is 41.2 Å². The van der Waals surface area contributed by atoms with E-state index in [-0.39, 0.29) is 11.0 Å². The Labute approximate surface area is 187 Å². The van der Waals surface area contributed by atoms with E-state index in [9.17, 15) is 8.78 Å². The average Bonchev–Trinajstić information content (AvgIpc) is 3.19. The fourth-order valence-corrected chi connectivity index (χ4v) is 3.75. The molecule has 0 atom stereocenters. The lowest BCUT2D eigenvalue weighted by Gasteiger charge is -2.30. The van der Waals surface area contributed by atoms with Crippen LogP contribution in [0.25, 0.3) is 5.69 Å². The molecule has 1 aliphatic heterocycles. The number of hydrogen-bond donors (Lipinski definition) is 1. The van der Waals surface area contributed by atoms with Crippen LogP contribution >= 0.6 is 11.6 Å². The number of imidazole rings is 1. The van der Waals surface area contributed by atoms with Crippen LogP contribution in [-0.2, 0) is 0 Å². The average molecular weight is 455 g/mol. The quantitative estimate of drug-likeness (QED) is 0.458. The Hall–Kier alpha value is -3.72. The second kappa shape index (κ2) is 8.08. The summed E-state index contributed by atoms with van der Waals surface area (Å²) in [5, 5.41) is 3.27. The molecule has 2 aromatic heterocycles. The number of fused-ring (bicyclic) bond motifs is 1. The molecule has 10 heteroatoms. The summed E-state index contributed by atoms with van der Waals surface area (Å²) in [5.41, 5.74) is 2.26. The third-order valence-electron chi connectivity index (χ3n) is 4.96. The van der Waals surface area contributed by atoms with Gasteiger partial charge in [0.2, 0.25) is 5.95 Å². The molecule has 0 bridgehead atoms. The van der Waals surface area contributed by atoms with Crippen molar-refractivity contribution < 1.29 is 13.5 Å². The van der Waals surface area contributed by atoms with E-state index in [1.807, 2.05) is 11.8 Å². The van der Waals surface area contributed by atoms with Gasteiger partial charge in [0.25, 0.3) is 0 Å². The standard InChI is InChI=1S/C22H17ClF2N6O/c1-13-11-30(12-27-13)19-5-3-15(9-17(19)25)28-22-26-10-20-21(29-22)31(6-7-32-20)18-4-2-14(24)8-16(18)23/h2-5,8-12H,6-7H2,1H3,(H,26,28,29). The van der Waals surface area contributed by atoms with Crippen LogP contribution in [0.2, 0.25) is 5.02 Å². The summed E-state index contributed by atoms with van der Waals surface area (Å²) >= 11 is 6.25. The Morgan fingerprint density at radius 2 is 1.94 bits per heavy atom. The van der Waals surface area contributed by atoms with E-state index in [2.05, 4.69) is 20.3 Å². The minimum absolute atomic E-state index is 0.253. The van der Waals surface area contributed by atoms with Crippen molar-refractivity contribution >= 4 is 34.7 Å². The molecule has 1 aliphatic rings. The lowest BCUT2D eigenvalue weighted by atomic mass is 10.2. The maximum atomic E-state index is 14.7. The number of aromatic nitrogens is 4. The Kier molecular flexibility index (Phi) is 5.10. The zero-order valence-corrected chi connectivity index (χ0v) is 17.6. The van der Waals surface area contributed by atoms with Crippen LogP contribution in [0.5, 0.6) is 5.75 Å². The van der Waals surface area contributed by atoms with Crippen LogP contribution in [0, 0.1) is 18.6 Å². The molecule has 5 rings (SSSR count). The highest BCUT2D eigenvalue weighted by Gasteiger charge is 2.24. The fourth-order valence-electron chi connectivity index (χ4n) is 3.48. The van der Waals surface area contributed by atoms with Gasteiger partial charge in [-0.2, -0.15) is 4.98 Å². The summed E-state index contributed by atoms with van der Waals surface area (Å²) in [6, 6.07) is 8.90. The van der Waals surface area contributed by atoms with E-state index in [1.165, 1.54) is 24.4 Å². The lowest BCUT2D eigenvalue weighted by molar-refractivity contribution is 0.310. The molecule has 0 saturated carbocycles. The number of aryl methyl sites for hydroxylation is 1. The number of benzene rings is 2. The number of ether oxygens (including phenoxy) is 1. The largest absolute Gasteiger partial charge is 0.486 e. The SMILES string of the molecule is Cc1cn(-c2ccc(Nc3ncc4c(n3)N(c3ccc(F)cc3Cl)CCO4)cc2F)cn1. The number of rotatable bonds is 4. The van der Waals surface area contributed by atoms with Crippen molar-refractivity contribution in [3.8, 4) is 11.4 Å². The number of nitrogens with zero attached hydrogens (tertiary/aromatic N) is 5. The van der Waals surface area contributed by atoms with Gasteiger partial charge in [-0.15, -0.1) is 0 Å². The van der Waals surface area contributed by atoms with Crippen molar-refractivity contribution in [2.24, 2.45) is 0 Å². The highest BCUT2D eigenvalue weighted by atomic mass is 35.5. The molecule has 0 amide bonds. The monoisotopic (exact) mass is 454 g/mol. The fraction of sp³-hybridized carbons (Fsp3) is 0.136. The Balaban J connectivity index is 1.44. The molecule has 0 unspecified atom stereocenters. The van der Waals surface area contributed by atoms with Crippen molar-refractivity contribution in [1.29, 1.82) is 0 Å². The van der Waals surface area contributed by atoms with Crippen molar-refractivity contribution in [3.05, 3.63) is 77.5 Å². The van der Waals surface area contributed by atoms with Crippen LogP contribution in [0.15, 0.2) is 55.1 Å². The molecule has 3 heterocycles.